The molecule has 4 fully saturated rings. The van der Waals surface area contributed by atoms with Crippen LogP contribution in [0.5, 0.6) is 0 Å². The topological polar surface area (TPSA) is 73.6 Å². The Morgan fingerprint density at radius 2 is 1.86 bits per heavy atom. The van der Waals surface area contributed by atoms with Crippen LogP contribution in [0.2, 0.25) is 0 Å². The van der Waals surface area contributed by atoms with E-state index in [2.05, 4.69) is 4.90 Å². The van der Waals surface area contributed by atoms with Crippen LogP contribution in [0.25, 0.3) is 0 Å². The molecule has 2 spiro atoms. The molecule has 1 saturated carbocycles. The normalized spacial score (nSPS) is 29.3. The Morgan fingerprint density at radius 3 is 2.50 bits per heavy atom. The second kappa shape index (κ2) is 6.53. The Balaban J connectivity index is 1.21. The van der Waals surface area contributed by atoms with Crippen LogP contribution in [0.1, 0.15) is 37.7 Å². The molecule has 0 bridgehead atoms. The minimum absolute atomic E-state index is 0.236. The molecule has 6 nitrogen and oxygen atoms in total. The van der Waals surface area contributed by atoms with Crippen molar-refractivity contribution in [3.05, 3.63) is 29.8 Å². The molecule has 28 heavy (non-hydrogen) atoms. The average molecular weight is 402 g/mol. The lowest BCUT2D eigenvalue weighted by Gasteiger charge is -2.57. The van der Waals surface area contributed by atoms with Gasteiger partial charge in [-0.2, -0.15) is 9.57 Å². The molecule has 0 radical (unpaired) electrons. The van der Waals surface area contributed by atoms with Crippen molar-refractivity contribution in [2.24, 2.45) is 10.8 Å². The molecule has 0 N–H and O–H groups in total. The fourth-order valence-corrected chi connectivity index (χ4v) is 7.15. The highest BCUT2D eigenvalue weighted by Crippen LogP contribution is 2.51. The Bertz CT molecular complexity index is 903. The molecule has 0 aromatic heterocycles. The van der Waals surface area contributed by atoms with Gasteiger partial charge in [-0.25, -0.2) is 8.42 Å². The first kappa shape index (κ1) is 18.6. The van der Waals surface area contributed by atoms with Crippen LogP contribution in [-0.2, 0) is 14.8 Å². The highest BCUT2D eigenvalue weighted by Gasteiger charge is 2.53. The number of nitriles is 1. The van der Waals surface area contributed by atoms with Crippen LogP contribution in [0.3, 0.4) is 0 Å². The average Bonchev–Trinajstić information content (AvgIpc) is 3.03. The van der Waals surface area contributed by atoms with Gasteiger partial charge in [0.25, 0.3) is 0 Å². The molecule has 1 unspecified atom stereocenters. The van der Waals surface area contributed by atoms with Gasteiger partial charge in [0.15, 0.2) is 0 Å². The van der Waals surface area contributed by atoms with E-state index in [4.69, 9.17) is 10.00 Å². The van der Waals surface area contributed by atoms with Crippen LogP contribution < -0.4 is 0 Å². The second-order valence-corrected chi connectivity index (χ2v) is 11.3. The molecule has 3 aliphatic heterocycles. The molecule has 1 aromatic carbocycles. The maximum Gasteiger partial charge on any atom is 0.243 e. The summed E-state index contributed by atoms with van der Waals surface area (Å²) in [6.45, 7) is 5.41. The lowest BCUT2D eigenvalue weighted by molar-refractivity contribution is -0.198. The highest BCUT2D eigenvalue weighted by atomic mass is 32.2. The minimum atomic E-state index is -3.52. The van der Waals surface area contributed by atoms with Gasteiger partial charge in [0.2, 0.25) is 10.0 Å². The summed E-state index contributed by atoms with van der Waals surface area (Å²) in [6.07, 6.45) is 5.57. The number of sulfonamides is 1. The van der Waals surface area contributed by atoms with Gasteiger partial charge >= 0.3 is 0 Å². The smallest absolute Gasteiger partial charge is 0.243 e. The molecule has 150 valence electrons. The predicted molar refractivity (Wildman–Crippen MR) is 104 cm³/mol. The Hall–Kier alpha value is -1.46. The van der Waals surface area contributed by atoms with Gasteiger partial charge in [0.1, 0.15) is 0 Å². The third kappa shape index (κ3) is 2.98. The largest absolute Gasteiger partial charge is 0.380 e. The minimum Gasteiger partial charge on any atom is -0.380 e. The first-order valence-electron chi connectivity index (χ1n) is 10.3. The maximum absolute atomic E-state index is 13.0. The van der Waals surface area contributed by atoms with Gasteiger partial charge in [0.05, 0.1) is 29.7 Å². The summed E-state index contributed by atoms with van der Waals surface area (Å²) in [5.41, 5.74) is 1.16. The number of piperidine rings is 1. The van der Waals surface area contributed by atoms with Gasteiger partial charge in [-0.15, -0.1) is 0 Å². The van der Waals surface area contributed by atoms with Crippen molar-refractivity contribution >= 4 is 10.0 Å². The first-order valence-corrected chi connectivity index (χ1v) is 11.7. The quantitative estimate of drug-likeness (QED) is 0.776. The highest BCUT2D eigenvalue weighted by molar-refractivity contribution is 7.89. The molecule has 7 heteroatoms. The van der Waals surface area contributed by atoms with Crippen LogP contribution in [0.4, 0.5) is 0 Å². The summed E-state index contributed by atoms with van der Waals surface area (Å²) in [5.74, 6) is 0. The number of hydrogen-bond donors (Lipinski definition) is 0. The van der Waals surface area contributed by atoms with Gasteiger partial charge in [-0.3, -0.25) is 4.90 Å². The van der Waals surface area contributed by atoms with Gasteiger partial charge in [-0.1, -0.05) is 6.07 Å². The Morgan fingerprint density at radius 1 is 1.11 bits per heavy atom. The standard InChI is InChI=1S/C21H27N3O3S/c22-12-17-2-1-3-19(10-17)28(25,26)24-8-6-20(7-9-24)5-4-18(11-20)23-13-21(14-23)15-27-16-21/h1-3,10,18H,4-9,11,13-16H2. The fourth-order valence-electron chi connectivity index (χ4n) is 5.67. The van der Waals surface area contributed by atoms with Crippen molar-refractivity contribution < 1.29 is 13.2 Å². The Labute approximate surface area is 167 Å². The van der Waals surface area contributed by atoms with E-state index in [1.54, 1.807) is 22.5 Å². The van der Waals surface area contributed by atoms with Gasteiger partial charge in [-0.05, 0) is 55.7 Å². The van der Waals surface area contributed by atoms with E-state index in [1.807, 2.05) is 6.07 Å². The first-order chi connectivity index (χ1) is 13.4. The SMILES string of the molecule is N#Cc1cccc(S(=O)(=O)N2CCC3(CCC(N4CC5(COC5)C4)C3)CC2)c1. The van der Waals surface area contributed by atoms with E-state index in [1.165, 1.54) is 38.4 Å². The van der Waals surface area contributed by atoms with Crippen molar-refractivity contribution in [1.82, 2.24) is 9.21 Å². The van der Waals surface area contributed by atoms with E-state index in [-0.39, 0.29) is 4.90 Å². The molecule has 1 aliphatic carbocycles. The monoisotopic (exact) mass is 401 g/mol. The summed E-state index contributed by atoms with van der Waals surface area (Å²) in [4.78, 5) is 2.87. The number of benzene rings is 1. The van der Waals surface area contributed by atoms with Crippen molar-refractivity contribution in [3.8, 4) is 6.07 Å². The summed E-state index contributed by atoms with van der Waals surface area (Å²) >= 11 is 0. The third-order valence-corrected chi connectivity index (χ3v) is 9.37. The zero-order valence-corrected chi connectivity index (χ0v) is 17.0. The third-order valence-electron chi connectivity index (χ3n) is 7.47. The lowest BCUT2D eigenvalue weighted by atomic mass is 9.75. The maximum atomic E-state index is 13.0. The Kier molecular flexibility index (Phi) is 4.33. The summed E-state index contributed by atoms with van der Waals surface area (Å²) in [5, 5.41) is 9.05. The molecule has 1 atom stereocenters. The van der Waals surface area contributed by atoms with Crippen molar-refractivity contribution in [2.45, 2.75) is 43.0 Å². The number of rotatable bonds is 3. The molecule has 1 aromatic rings. The molecule has 0 amide bonds. The number of ether oxygens (including phenoxy) is 1. The summed E-state index contributed by atoms with van der Waals surface area (Å²) in [6, 6.07) is 9.05. The van der Waals surface area contributed by atoms with Crippen molar-refractivity contribution in [3.63, 3.8) is 0 Å². The zero-order chi connectivity index (χ0) is 19.4. The van der Waals surface area contributed by atoms with E-state index in [9.17, 15) is 8.42 Å². The molecule has 5 rings (SSSR count). The van der Waals surface area contributed by atoms with Crippen LogP contribution in [0, 0.1) is 22.2 Å². The number of likely N-dealkylation sites (tertiary alicyclic amines) is 1. The van der Waals surface area contributed by atoms with Crippen molar-refractivity contribution in [1.29, 1.82) is 5.26 Å². The molecular formula is C21H27N3O3S. The van der Waals surface area contributed by atoms with Gasteiger partial charge < -0.3 is 4.74 Å². The van der Waals surface area contributed by atoms with Gasteiger partial charge in [0, 0.05) is 37.6 Å². The second-order valence-electron chi connectivity index (χ2n) is 9.34. The van der Waals surface area contributed by atoms with Crippen LogP contribution >= 0.6 is 0 Å². The van der Waals surface area contributed by atoms with Crippen molar-refractivity contribution in [2.75, 3.05) is 39.4 Å². The fraction of sp³-hybridized carbons (Fsp3) is 0.667. The van der Waals surface area contributed by atoms with E-state index in [0.29, 0.717) is 35.5 Å². The van der Waals surface area contributed by atoms with Crippen LogP contribution in [-0.4, -0.2) is 63.1 Å². The lowest BCUT2D eigenvalue weighted by Crippen LogP contribution is -2.67. The number of hydrogen-bond acceptors (Lipinski definition) is 5. The summed E-state index contributed by atoms with van der Waals surface area (Å²) in [7, 11) is -3.52. The van der Waals surface area contributed by atoms with E-state index < -0.39 is 10.0 Å². The zero-order valence-electron chi connectivity index (χ0n) is 16.1. The summed E-state index contributed by atoms with van der Waals surface area (Å²) < 4.78 is 33.0. The molecule has 3 heterocycles. The predicted octanol–water partition coefficient (Wildman–Crippen LogP) is 2.21. The molecule has 3 saturated heterocycles. The van der Waals surface area contributed by atoms with Crippen LogP contribution in [0.15, 0.2) is 29.2 Å². The molecule has 4 aliphatic rings. The van der Waals surface area contributed by atoms with E-state index in [0.717, 1.165) is 26.1 Å². The number of nitrogens with zero attached hydrogens (tertiary/aromatic N) is 3. The molecular weight excluding hydrogens is 374 g/mol. The van der Waals surface area contributed by atoms with E-state index >= 15 is 0 Å².